The maximum absolute atomic E-state index is 14.1. The highest BCUT2D eigenvalue weighted by atomic mass is 32.2. The van der Waals surface area contributed by atoms with E-state index in [-0.39, 0.29) is 60.8 Å². The summed E-state index contributed by atoms with van der Waals surface area (Å²) in [5, 5.41) is 25.0. The lowest BCUT2D eigenvalue weighted by Gasteiger charge is -2.34. The van der Waals surface area contributed by atoms with Gasteiger partial charge in [0.05, 0.1) is 17.0 Å². The monoisotopic (exact) mass is 804 g/mol. The third-order valence-corrected chi connectivity index (χ3v) is 11.6. The Morgan fingerprint density at radius 3 is 1.89 bits per heavy atom. The number of nitro groups is 2. The Balaban J connectivity index is 1.05. The number of hydrogen-bond donors (Lipinski definition) is 1. The van der Waals surface area contributed by atoms with E-state index in [0.29, 0.717) is 55.7 Å². The van der Waals surface area contributed by atoms with E-state index in [1.807, 2.05) is 24.3 Å². The normalized spacial score (nSPS) is 20.5. The van der Waals surface area contributed by atoms with Crippen molar-refractivity contribution < 1.29 is 43.2 Å². The van der Waals surface area contributed by atoms with Crippen molar-refractivity contribution in [2.45, 2.75) is 74.4 Å². The molecule has 6 rings (SSSR count). The number of non-ortho nitro benzene ring substituents is 2. The van der Waals surface area contributed by atoms with Crippen molar-refractivity contribution in [3.8, 4) is 5.75 Å². The Morgan fingerprint density at radius 2 is 1.32 bits per heavy atom. The molecule has 57 heavy (non-hydrogen) atoms. The lowest BCUT2D eigenvalue weighted by atomic mass is 10.0. The number of amides is 4. The summed E-state index contributed by atoms with van der Waals surface area (Å²) in [7, 11) is 1.60. The Kier molecular flexibility index (Phi) is 13.5. The predicted molar refractivity (Wildman–Crippen MR) is 207 cm³/mol. The maximum atomic E-state index is 14.1. The number of piperidine rings is 1. The summed E-state index contributed by atoms with van der Waals surface area (Å²) in [6.45, 7) is 0.975. The molecular formula is C39H44N6O11S. The summed E-state index contributed by atoms with van der Waals surface area (Å²) in [5.74, 6) is 0.809. The number of carbonyl (C=O) groups excluding carboxylic acids is 4. The Hall–Kier alpha value is -5.91. The first-order valence-corrected chi connectivity index (χ1v) is 19.7. The number of carbonyl (C=O) groups is 4. The van der Waals surface area contributed by atoms with Gasteiger partial charge in [-0.3, -0.25) is 39.6 Å². The van der Waals surface area contributed by atoms with Crippen LogP contribution in [0.2, 0.25) is 0 Å². The van der Waals surface area contributed by atoms with Crippen LogP contribution >= 0.6 is 11.8 Å². The number of benzene rings is 3. The standard InChI is InChI=1S/C39H44N6O11S/c1-54-32-15-9-28(10-16-32)25-57-33-20-35(43(22-33)39(49)56-24-27-7-13-31(14-8-27)45(52)53)37(47)41-19-17-29(21-41)40-36(46)34-4-2-3-18-42(34)38(48)55-23-26-5-11-30(12-6-26)44(50)51/h5-16,29,33-35H,2-4,17-25H2,1H3,(H,40,46)/t29-,33-,34?,35-/m0/s1. The van der Waals surface area contributed by atoms with E-state index < -0.39 is 34.1 Å². The molecule has 0 aliphatic carbocycles. The van der Waals surface area contributed by atoms with Gasteiger partial charge in [-0.05, 0) is 85.2 Å². The molecule has 3 aliphatic heterocycles. The summed E-state index contributed by atoms with van der Waals surface area (Å²) >= 11 is 1.64. The number of nitrogens with zero attached hydrogens (tertiary/aromatic N) is 5. The highest BCUT2D eigenvalue weighted by Crippen LogP contribution is 2.33. The number of nitrogens with one attached hydrogen (secondary N) is 1. The van der Waals surface area contributed by atoms with E-state index >= 15 is 0 Å². The van der Waals surface area contributed by atoms with E-state index in [0.717, 1.165) is 17.7 Å². The van der Waals surface area contributed by atoms with Gasteiger partial charge in [-0.2, -0.15) is 11.8 Å². The SMILES string of the molecule is COc1ccc(CS[C@H]2C[C@@H](C(=O)N3CC[C@H](NC(=O)C4CCCCN4C(=O)OCc4ccc([N+](=O)[O-])cc4)C3)N(C(=O)OCc3ccc([N+](=O)[O-])cc3)C2)cc1. The van der Waals surface area contributed by atoms with Crippen LogP contribution in [-0.4, -0.2) is 105 Å². The van der Waals surface area contributed by atoms with Crippen LogP contribution in [0.3, 0.4) is 0 Å². The first kappa shape index (κ1) is 40.7. The van der Waals surface area contributed by atoms with Crippen molar-refractivity contribution in [1.82, 2.24) is 20.0 Å². The molecule has 0 bridgehead atoms. The van der Waals surface area contributed by atoms with Crippen molar-refractivity contribution in [3.63, 3.8) is 0 Å². The number of hydrogen-bond acceptors (Lipinski definition) is 12. The molecule has 0 aromatic heterocycles. The Bertz CT molecular complexity index is 1930. The van der Waals surface area contributed by atoms with Crippen LogP contribution in [0.25, 0.3) is 0 Å². The fourth-order valence-corrected chi connectivity index (χ4v) is 8.39. The highest BCUT2D eigenvalue weighted by Gasteiger charge is 2.44. The molecule has 17 nitrogen and oxygen atoms in total. The van der Waals surface area contributed by atoms with Gasteiger partial charge in [0.15, 0.2) is 0 Å². The van der Waals surface area contributed by atoms with Gasteiger partial charge in [-0.15, -0.1) is 0 Å². The molecule has 18 heteroatoms. The number of methoxy groups -OCH3 is 1. The van der Waals surface area contributed by atoms with Gasteiger partial charge in [0.1, 0.15) is 31.0 Å². The summed E-state index contributed by atoms with van der Waals surface area (Å²) < 4.78 is 16.4. The molecule has 3 saturated heterocycles. The van der Waals surface area contributed by atoms with Crippen molar-refractivity contribution in [2.75, 3.05) is 33.3 Å². The predicted octanol–water partition coefficient (Wildman–Crippen LogP) is 5.43. The first-order valence-electron chi connectivity index (χ1n) is 18.7. The number of likely N-dealkylation sites (tertiary alicyclic amines) is 3. The molecule has 4 amide bonds. The average Bonchev–Trinajstić information content (AvgIpc) is 3.89. The minimum Gasteiger partial charge on any atom is -0.497 e. The van der Waals surface area contributed by atoms with Gasteiger partial charge in [-0.1, -0.05) is 12.1 Å². The second kappa shape index (κ2) is 18.8. The summed E-state index contributed by atoms with van der Waals surface area (Å²) in [6, 6.07) is 17.2. The molecule has 3 fully saturated rings. The Labute approximate surface area is 332 Å². The molecule has 4 atom stereocenters. The van der Waals surface area contributed by atoms with Crippen molar-refractivity contribution in [2.24, 2.45) is 0 Å². The molecule has 302 valence electrons. The third-order valence-electron chi connectivity index (χ3n) is 10.3. The van der Waals surface area contributed by atoms with Gasteiger partial charge in [0.2, 0.25) is 11.8 Å². The molecule has 0 radical (unpaired) electrons. The van der Waals surface area contributed by atoms with Crippen LogP contribution in [0.4, 0.5) is 21.0 Å². The van der Waals surface area contributed by atoms with E-state index in [2.05, 4.69) is 5.32 Å². The lowest BCUT2D eigenvalue weighted by molar-refractivity contribution is -0.385. The fraction of sp³-hybridized carbons (Fsp3) is 0.436. The summed E-state index contributed by atoms with van der Waals surface area (Å²) in [6.07, 6.45) is 1.46. The molecule has 3 heterocycles. The smallest absolute Gasteiger partial charge is 0.410 e. The number of ether oxygens (including phenoxy) is 3. The zero-order chi connectivity index (χ0) is 40.5. The molecule has 3 aliphatic rings. The molecule has 3 aromatic carbocycles. The van der Waals surface area contributed by atoms with Crippen LogP contribution in [0.1, 0.15) is 48.8 Å². The minimum absolute atomic E-state index is 0.0662. The minimum atomic E-state index is -0.795. The van der Waals surface area contributed by atoms with E-state index in [1.165, 1.54) is 58.3 Å². The molecule has 0 saturated carbocycles. The van der Waals surface area contributed by atoms with Crippen LogP contribution in [0, 0.1) is 20.2 Å². The van der Waals surface area contributed by atoms with Crippen LogP contribution in [-0.2, 0) is 38.0 Å². The van der Waals surface area contributed by atoms with Crippen LogP contribution in [0.15, 0.2) is 72.8 Å². The first-order chi connectivity index (χ1) is 27.5. The summed E-state index contributed by atoms with van der Waals surface area (Å²) in [5.41, 5.74) is 2.05. The lowest BCUT2D eigenvalue weighted by Crippen LogP contribution is -2.54. The van der Waals surface area contributed by atoms with Crippen LogP contribution in [0.5, 0.6) is 5.75 Å². The van der Waals surface area contributed by atoms with E-state index in [9.17, 15) is 39.4 Å². The van der Waals surface area contributed by atoms with Crippen LogP contribution < -0.4 is 10.1 Å². The highest BCUT2D eigenvalue weighted by molar-refractivity contribution is 7.99. The van der Waals surface area contributed by atoms with Gasteiger partial charge < -0.3 is 24.4 Å². The third kappa shape index (κ3) is 10.5. The second-order valence-corrected chi connectivity index (χ2v) is 15.4. The van der Waals surface area contributed by atoms with Crippen molar-refractivity contribution in [1.29, 1.82) is 0 Å². The van der Waals surface area contributed by atoms with E-state index in [1.54, 1.807) is 23.8 Å². The number of nitro benzene ring substituents is 2. The number of thioether (sulfide) groups is 1. The van der Waals surface area contributed by atoms with Crippen molar-refractivity contribution in [3.05, 3.63) is 110 Å². The van der Waals surface area contributed by atoms with Gasteiger partial charge in [0, 0.05) is 67.5 Å². The average molecular weight is 805 g/mol. The van der Waals surface area contributed by atoms with Gasteiger partial charge in [0.25, 0.3) is 11.4 Å². The number of rotatable bonds is 13. The topological polar surface area (TPSA) is 204 Å². The molecule has 1 N–H and O–H groups in total. The fourth-order valence-electron chi connectivity index (χ4n) is 7.18. The molecule has 3 aromatic rings. The zero-order valence-corrected chi connectivity index (χ0v) is 32.2. The van der Waals surface area contributed by atoms with E-state index in [4.69, 9.17) is 14.2 Å². The molecular weight excluding hydrogens is 761 g/mol. The zero-order valence-electron chi connectivity index (χ0n) is 31.4. The van der Waals surface area contributed by atoms with Gasteiger partial charge >= 0.3 is 12.2 Å². The molecule has 1 unspecified atom stereocenters. The summed E-state index contributed by atoms with van der Waals surface area (Å²) in [4.78, 5) is 79.8. The maximum Gasteiger partial charge on any atom is 0.410 e. The van der Waals surface area contributed by atoms with Gasteiger partial charge in [-0.25, -0.2) is 9.59 Å². The largest absolute Gasteiger partial charge is 0.497 e. The molecule has 0 spiro atoms. The Morgan fingerprint density at radius 1 is 0.737 bits per heavy atom. The second-order valence-electron chi connectivity index (χ2n) is 14.1. The van der Waals surface area contributed by atoms with Crippen molar-refractivity contribution >= 4 is 47.1 Å². The quantitative estimate of drug-likeness (QED) is 0.170.